The minimum Gasteiger partial charge on any atom is -0.0654 e. The van der Waals surface area contributed by atoms with Crippen LogP contribution in [0.15, 0.2) is 48.5 Å². The highest BCUT2D eigenvalue weighted by atomic mass is 14.1. The molecule has 0 bridgehead atoms. The molecular weight excluding hydrogens is 252 g/mol. The summed E-state index contributed by atoms with van der Waals surface area (Å²) >= 11 is 0. The maximum Gasteiger partial charge on any atom is -0.00229 e. The summed E-state index contributed by atoms with van der Waals surface area (Å²) in [6, 6.07) is 17.8. The van der Waals surface area contributed by atoms with E-state index in [1.165, 1.54) is 60.8 Å². The number of rotatable bonds is 8. The molecule has 0 fully saturated rings. The quantitative estimate of drug-likeness (QED) is 0.513. The van der Waals surface area contributed by atoms with Crippen LogP contribution in [0.5, 0.6) is 0 Å². The van der Waals surface area contributed by atoms with E-state index in [0.717, 1.165) is 6.42 Å². The molecule has 0 aliphatic heterocycles. The SMILES string of the molecule is CCCCCCCc1ccccc1Cc1cccc(C)c1. The van der Waals surface area contributed by atoms with Gasteiger partial charge in [0.25, 0.3) is 0 Å². The third-order valence-corrected chi connectivity index (χ3v) is 4.15. The Balaban J connectivity index is 1.96. The van der Waals surface area contributed by atoms with E-state index in [0.29, 0.717) is 0 Å². The van der Waals surface area contributed by atoms with Crippen LogP contribution in [0.3, 0.4) is 0 Å². The fraction of sp³-hybridized carbons (Fsp3) is 0.429. The summed E-state index contributed by atoms with van der Waals surface area (Å²) in [6.45, 7) is 4.44. The predicted molar refractivity (Wildman–Crippen MR) is 92.9 cm³/mol. The molecule has 2 aromatic rings. The number of hydrogen-bond donors (Lipinski definition) is 0. The standard InChI is InChI=1S/C21H28/c1-3-4-5-6-7-13-20-14-8-9-15-21(20)17-19-12-10-11-18(2)16-19/h8-12,14-16H,3-7,13,17H2,1-2H3. The highest BCUT2D eigenvalue weighted by molar-refractivity contribution is 5.34. The van der Waals surface area contributed by atoms with Crippen molar-refractivity contribution in [2.75, 3.05) is 0 Å². The Kier molecular flexibility index (Phi) is 6.53. The molecule has 0 radical (unpaired) electrons. The molecule has 0 aliphatic carbocycles. The summed E-state index contributed by atoms with van der Waals surface area (Å²) in [5.74, 6) is 0. The normalized spacial score (nSPS) is 10.8. The molecular formula is C21H28. The van der Waals surface area contributed by atoms with Crippen molar-refractivity contribution in [1.29, 1.82) is 0 Å². The lowest BCUT2D eigenvalue weighted by Gasteiger charge is -2.10. The zero-order valence-electron chi connectivity index (χ0n) is 13.6. The van der Waals surface area contributed by atoms with Crippen molar-refractivity contribution in [3.05, 3.63) is 70.8 Å². The van der Waals surface area contributed by atoms with Crippen LogP contribution in [0.25, 0.3) is 0 Å². The highest BCUT2D eigenvalue weighted by Crippen LogP contribution is 2.18. The van der Waals surface area contributed by atoms with Crippen molar-refractivity contribution >= 4 is 0 Å². The van der Waals surface area contributed by atoms with Gasteiger partial charge in [0.1, 0.15) is 0 Å². The smallest absolute Gasteiger partial charge is 0.00229 e. The molecule has 0 unspecified atom stereocenters. The Bertz CT molecular complexity index is 539. The number of hydrogen-bond acceptors (Lipinski definition) is 0. The molecule has 112 valence electrons. The molecule has 0 N–H and O–H groups in total. The summed E-state index contributed by atoms with van der Waals surface area (Å²) in [7, 11) is 0. The fourth-order valence-electron chi connectivity index (χ4n) is 2.93. The van der Waals surface area contributed by atoms with E-state index < -0.39 is 0 Å². The van der Waals surface area contributed by atoms with Crippen LogP contribution in [-0.4, -0.2) is 0 Å². The second-order valence-corrected chi connectivity index (χ2v) is 6.10. The first-order chi connectivity index (χ1) is 10.3. The van der Waals surface area contributed by atoms with Crippen molar-refractivity contribution in [2.24, 2.45) is 0 Å². The van der Waals surface area contributed by atoms with Gasteiger partial charge in [-0.3, -0.25) is 0 Å². The first-order valence-corrected chi connectivity index (χ1v) is 8.42. The Morgan fingerprint density at radius 1 is 0.762 bits per heavy atom. The number of aryl methyl sites for hydroxylation is 2. The van der Waals surface area contributed by atoms with Gasteiger partial charge < -0.3 is 0 Å². The first-order valence-electron chi connectivity index (χ1n) is 8.42. The fourth-order valence-corrected chi connectivity index (χ4v) is 2.93. The Morgan fingerprint density at radius 3 is 2.29 bits per heavy atom. The molecule has 2 rings (SSSR count). The summed E-state index contributed by atoms with van der Waals surface area (Å²) in [6.07, 6.45) is 9.07. The van der Waals surface area contributed by atoms with Crippen LogP contribution in [-0.2, 0) is 12.8 Å². The van der Waals surface area contributed by atoms with E-state index in [1.807, 2.05) is 0 Å². The lowest BCUT2D eigenvalue weighted by atomic mass is 9.95. The minimum absolute atomic E-state index is 1.06. The Morgan fingerprint density at radius 2 is 1.52 bits per heavy atom. The van der Waals surface area contributed by atoms with Gasteiger partial charge in [-0.25, -0.2) is 0 Å². The maximum atomic E-state index is 2.31. The molecule has 2 aromatic carbocycles. The zero-order valence-corrected chi connectivity index (χ0v) is 13.6. The highest BCUT2D eigenvalue weighted by Gasteiger charge is 2.03. The van der Waals surface area contributed by atoms with E-state index in [9.17, 15) is 0 Å². The third-order valence-electron chi connectivity index (χ3n) is 4.15. The minimum atomic E-state index is 1.06. The second-order valence-electron chi connectivity index (χ2n) is 6.10. The molecule has 0 heteroatoms. The van der Waals surface area contributed by atoms with Crippen molar-refractivity contribution in [2.45, 2.75) is 58.8 Å². The van der Waals surface area contributed by atoms with Crippen LogP contribution < -0.4 is 0 Å². The summed E-state index contributed by atoms with van der Waals surface area (Å²) in [5, 5.41) is 0. The van der Waals surface area contributed by atoms with Gasteiger partial charge in [-0.05, 0) is 42.9 Å². The van der Waals surface area contributed by atoms with Gasteiger partial charge in [0, 0.05) is 0 Å². The lowest BCUT2D eigenvalue weighted by molar-refractivity contribution is 0.631. The number of benzene rings is 2. The summed E-state index contributed by atoms with van der Waals surface area (Å²) < 4.78 is 0. The van der Waals surface area contributed by atoms with Gasteiger partial charge in [-0.15, -0.1) is 0 Å². The monoisotopic (exact) mass is 280 g/mol. The summed E-state index contributed by atoms with van der Waals surface area (Å²) in [4.78, 5) is 0. The van der Waals surface area contributed by atoms with E-state index in [-0.39, 0.29) is 0 Å². The molecule has 0 heterocycles. The number of unbranched alkanes of at least 4 members (excludes halogenated alkanes) is 4. The molecule has 0 nitrogen and oxygen atoms in total. The van der Waals surface area contributed by atoms with Crippen molar-refractivity contribution in [3.8, 4) is 0 Å². The molecule has 0 saturated heterocycles. The van der Waals surface area contributed by atoms with E-state index >= 15 is 0 Å². The molecule has 0 amide bonds. The van der Waals surface area contributed by atoms with Gasteiger partial charge >= 0.3 is 0 Å². The molecule has 21 heavy (non-hydrogen) atoms. The average Bonchev–Trinajstić information content (AvgIpc) is 2.49. The Hall–Kier alpha value is -1.56. The average molecular weight is 280 g/mol. The first kappa shape index (κ1) is 15.8. The van der Waals surface area contributed by atoms with E-state index in [4.69, 9.17) is 0 Å². The van der Waals surface area contributed by atoms with Crippen LogP contribution in [0.1, 0.15) is 61.3 Å². The van der Waals surface area contributed by atoms with Gasteiger partial charge in [0.2, 0.25) is 0 Å². The molecule has 0 aliphatic rings. The van der Waals surface area contributed by atoms with Crippen molar-refractivity contribution in [3.63, 3.8) is 0 Å². The second kappa shape index (κ2) is 8.67. The van der Waals surface area contributed by atoms with E-state index in [2.05, 4.69) is 62.4 Å². The Labute approximate surface area is 130 Å². The predicted octanol–water partition coefficient (Wildman–Crippen LogP) is 6.10. The van der Waals surface area contributed by atoms with Gasteiger partial charge in [-0.1, -0.05) is 86.7 Å². The zero-order chi connectivity index (χ0) is 14.9. The molecule has 0 spiro atoms. The lowest BCUT2D eigenvalue weighted by Crippen LogP contribution is -1.96. The maximum absolute atomic E-state index is 2.31. The van der Waals surface area contributed by atoms with Crippen LogP contribution in [0, 0.1) is 6.92 Å². The van der Waals surface area contributed by atoms with Gasteiger partial charge in [-0.2, -0.15) is 0 Å². The van der Waals surface area contributed by atoms with Crippen LogP contribution in [0.2, 0.25) is 0 Å². The van der Waals surface area contributed by atoms with Crippen LogP contribution >= 0.6 is 0 Å². The molecule has 0 atom stereocenters. The third kappa shape index (κ3) is 5.38. The molecule has 0 saturated carbocycles. The van der Waals surface area contributed by atoms with Gasteiger partial charge in [0.05, 0.1) is 0 Å². The largest absolute Gasteiger partial charge is 0.0654 e. The summed E-state index contributed by atoms with van der Waals surface area (Å²) in [5.41, 5.74) is 5.81. The topological polar surface area (TPSA) is 0 Å². The van der Waals surface area contributed by atoms with Crippen molar-refractivity contribution < 1.29 is 0 Å². The van der Waals surface area contributed by atoms with Gasteiger partial charge in [0.15, 0.2) is 0 Å². The molecule has 0 aromatic heterocycles. The van der Waals surface area contributed by atoms with Crippen molar-refractivity contribution in [1.82, 2.24) is 0 Å². The van der Waals surface area contributed by atoms with E-state index in [1.54, 1.807) is 0 Å². The van der Waals surface area contributed by atoms with Crippen LogP contribution in [0.4, 0.5) is 0 Å².